The Morgan fingerprint density at radius 1 is 1.83 bits per heavy atom. The summed E-state index contributed by atoms with van der Waals surface area (Å²) in [6.45, 7) is 0. The summed E-state index contributed by atoms with van der Waals surface area (Å²) in [5, 5.41) is 13.5. The molecule has 1 N–H and O–H groups in total. The van der Waals surface area contributed by atoms with Gasteiger partial charge in [-0.3, -0.25) is 4.79 Å². The Hall–Kier alpha value is -1.67. The summed E-state index contributed by atoms with van der Waals surface area (Å²) < 4.78 is 0. The van der Waals surface area contributed by atoms with Crippen molar-refractivity contribution in [2.24, 2.45) is 5.10 Å². The Balaban J connectivity index is 2.43. The van der Waals surface area contributed by atoms with E-state index in [2.05, 4.69) is 5.10 Å². The van der Waals surface area contributed by atoms with Crippen molar-refractivity contribution in [2.45, 2.75) is 0 Å². The average Bonchev–Trinajstić information content (AvgIpc) is 2.57. The van der Waals surface area contributed by atoms with E-state index in [-0.39, 0.29) is 0 Å². The number of hydrogen-bond acceptors (Lipinski definition) is 4. The SMILES string of the molecule is N#CC(=O)N/N=C/c1cccs1. The molecule has 0 aromatic carbocycles. The molecule has 1 aromatic rings. The van der Waals surface area contributed by atoms with Gasteiger partial charge in [0.2, 0.25) is 0 Å². The van der Waals surface area contributed by atoms with Crippen molar-refractivity contribution < 1.29 is 4.79 Å². The number of thiophene rings is 1. The second-order valence-electron chi connectivity index (χ2n) is 1.83. The summed E-state index contributed by atoms with van der Waals surface area (Å²) in [5.74, 6) is -0.761. The van der Waals surface area contributed by atoms with Gasteiger partial charge in [-0.05, 0) is 11.4 Å². The van der Waals surface area contributed by atoms with E-state index in [1.807, 2.05) is 22.9 Å². The van der Waals surface area contributed by atoms with Crippen LogP contribution in [0.2, 0.25) is 0 Å². The van der Waals surface area contributed by atoms with E-state index in [0.717, 1.165) is 4.88 Å². The second kappa shape index (κ2) is 4.26. The lowest BCUT2D eigenvalue weighted by Crippen LogP contribution is -2.14. The fourth-order valence-corrected chi connectivity index (χ4v) is 1.13. The lowest BCUT2D eigenvalue weighted by atomic mass is 10.5. The number of rotatable bonds is 2. The first-order valence-corrected chi connectivity index (χ1v) is 3.97. The molecule has 1 amide bonds. The molecule has 4 nitrogen and oxygen atoms in total. The highest BCUT2D eigenvalue weighted by Gasteiger charge is 1.91. The van der Waals surface area contributed by atoms with E-state index in [0.29, 0.717) is 0 Å². The molecular weight excluding hydrogens is 174 g/mol. The minimum absolute atomic E-state index is 0.761. The smallest absolute Gasteiger partial charge is 0.255 e. The largest absolute Gasteiger partial charge is 0.342 e. The van der Waals surface area contributed by atoms with Gasteiger partial charge in [-0.2, -0.15) is 10.4 Å². The molecule has 0 aliphatic rings. The average molecular weight is 179 g/mol. The van der Waals surface area contributed by atoms with Crippen LogP contribution in [-0.2, 0) is 4.79 Å². The van der Waals surface area contributed by atoms with Crippen molar-refractivity contribution >= 4 is 23.5 Å². The van der Waals surface area contributed by atoms with Crippen LogP contribution < -0.4 is 5.43 Å². The standard InChI is InChI=1S/C7H5N3OS/c8-4-7(11)10-9-5-6-2-1-3-12-6/h1-3,5H,(H,10,11)/b9-5+. The molecule has 0 fully saturated rings. The fourth-order valence-electron chi connectivity index (χ4n) is 0.544. The monoisotopic (exact) mass is 179 g/mol. The van der Waals surface area contributed by atoms with Crippen LogP contribution in [0.3, 0.4) is 0 Å². The van der Waals surface area contributed by atoms with Crippen LogP contribution in [0.1, 0.15) is 4.88 Å². The summed E-state index contributed by atoms with van der Waals surface area (Å²) in [5.41, 5.74) is 2.05. The summed E-state index contributed by atoms with van der Waals surface area (Å²) in [6, 6.07) is 5.11. The van der Waals surface area contributed by atoms with Crippen LogP contribution in [0.25, 0.3) is 0 Å². The van der Waals surface area contributed by atoms with Gasteiger partial charge in [0.15, 0.2) is 6.07 Å². The Morgan fingerprint density at radius 3 is 3.25 bits per heavy atom. The molecule has 12 heavy (non-hydrogen) atoms. The summed E-state index contributed by atoms with van der Waals surface area (Å²) >= 11 is 1.50. The molecular formula is C7H5N3OS. The first kappa shape index (κ1) is 8.43. The molecule has 1 aromatic heterocycles. The van der Waals surface area contributed by atoms with E-state index >= 15 is 0 Å². The van der Waals surface area contributed by atoms with Crippen molar-refractivity contribution in [3.63, 3.8) is 0 Å². The third-order valence-corrected chi connectivity index (χ3v) is 1.81. The quantitative estimate of drug-likeness (QED) is 0.413. The topological polar surface area (TPSA) is 65.2 Å². The third kappa shape index (κ3) is 2.52. The van der Waals surface area contributed by atoms with Crippen molar-refractivity contribution in [2.75, 3.05) is 0 Å². The predicted molar refractivity (Wildman–Crippen MR) is 45.7 cm³/mol. The van der Waals surface area contributed by atoms with Gasteiger partial charge in [-0.1, -0.05) is 6.07 Å². The van der Waals surface area contributed by atoms with Gasteiger partial charge in [0.05, 0.1) is 6.21 Å². The van der Waals surface area contributed by atoms with Crippen molar-refractivity contribution in [1.29, 1.82) is 5.26 Å². The van der Waals surface area contributed by atoms with Crippen LogP contribution in [0.4, 0.5) is 0 Å². The molecule has 0 aliphatic carbocycles. The molecule has 0 unspecified atom stereocenters. The highest BCUT2D eigenvalue weighted by molar-refractivity contribution is 7.11. The normalized spacial score (nSPS) is 9.58. The summed E-state index contributed by atoms with van der Waals surface area (Å²) in [7, 11) is 0. The second-order valence-corrected chi connectivity index (χ2v) is 2.81. The maximum absolute atomic E-state index is 10.4. The zero-order valence-electron chi connectivity index (χ0n) is 6.02. The molecule has 0 saturated heterocycles. The maximum Gasteiger partial charge on any atom is 0.342 e. The van der Waals surface area contributed by atoms with Gasteiger partial charge < -0.3 is 0 Å². The molecule has 1 heterocycles. The van der Waals surface area contributed by atoms with Crippen molar-refractivity contribution in [3.05, 3.63) is 22.4 Å². The lowest BCUT2D eigenvalue weighted by molar-refractivity contribution is -0.115. The molecule has 1 rings (SSSR count). The molecule has 0 atom stereocenters. The van der Waals surface area contributed by atoms with Gasteiger partial charge in [0, 0.05) is 4.88 Å². The van der Waals surface area contributed by atoms with E-state index in [4.69, 9.17) is 5.26 Å². The van der Waals surface area contributed by atoms with Crippen molar-refractivity contribution in [3.8, 4) is 6.07 Å². The van der Waals surface area contributed by atoms with Gasteiger partial charge in [-0.25, -0.2) is 5.43 Å². The van der Waals surface area contributed by atoms with E-state index in [9.17, 15) is 4.79 Å². The number of hydrogen-bond donors (Lipinski definition) is 1. The van der Waals surface area contributed by atoms with Crippen LogP contribution in [0, 0.1) is 11.3 Å². The van der Waals surface area contributed by atoms with Gasteiger partial charge in [0.1, 0.15) is 0 Å². The molecule has 0 spiro atoms. The Kier molecular flexibility index (Phi) is 2.99. The minimum Gasteiger partial charge on any atom is -0.255 e. The number of nitriles is 1. The fraction of sp³-hybridized carbons (Fsp3) is 0. The number of nitrogens with one attached hydrogen (secondary N) is 1. The van der Waals surface area contributed by atoms with Crippen LogP contribution in [0.5, 0.6) is 0 Å². The zero-order valence-corrected chi connectivity index (χ0v) is 6.84. The van der Waals surface area contributed by atoms with Crippen LogP contribution in [0.15, 0.2) is 22.6 Å². The molecule has 60 valence electrons. The molecule has 0 aliphatic heterocycles. The maximum atomic E-state index is 10.4. The van der Waals surface area contributed by atoms with Crippen LogP contribution >= 0.6 is 11.3 Å². The first-order valence-electron chi connectivity index (χ1n) is 3.09. The lowest BCUT2D eigenvalue weighted by Gasteiger charge is -1.85. The number of amides is 1. The number of carbonyl (C=O) groups is 1. The molecule has 0 radical (unpaired) electrons. The molecule has 0 bridgehead atoms. The highest BCUT2D eigenvalue weighted by Crippen LogP contribution is 2.03. The van der Waals surface area contributed by atoms with E-state index in [1.54, 1.807) is 0 Å². The Labute approximate surface area is 73.1 Å². The van der Waals surface area contributed by atoms with Crippen molar-refractivity contribution in [1.82, 2.24) is 5.43 Å². The Morgan fingerprint density at radius 2 is 2.67 bits per heavy atom. The molecule has 0 saturated carbocycles. The van der Waals surface area contributed by atoms with E-state index < -0.39 is 5.91 Å². The number of nitrogens with zero attached hydrogens (tertiary/aromatic N) is 2. The minimum atomic E-state index is -0.761. The zero-order chi connectivity index (χ0) is 8.81. The van der Waals surface area contributed by atoms with Gasteiger partial charge in [-0.15, -0.1) is 11.3 Å². The predicted octanol–water partition coefficient (Wildman–Crippen LogP) is 0.722. The number of hydrazone groups is 1. The highest BCUT2D eigenvalue weighted by atomic mass is 32.1. The van der Waals surface area contributed by atoms with Gasteiger partial charge in [0.25, 0.3) is 0 Å². The Bertz CT molecular complexity index is 323. The van der Waals surface area contributed by atoms with Crippen LogP contribution in [-0.4, -0.2) is 12.1 Å². The number of carbonyl (C=O) groups excluding carboxylic acids is 1. The third-order valence-electron chi connectivity index (χ3n) is 1.00. The molecule has 5 heteroatoms. The first-order chi connectivity index (χ1) is 5.83. The summed E-state index contributed by atoms with van der Waals surface area (Å²) in [4.78, 5) is 11.3. The summed E-state index contributed by atoms with van der Waals surface area (Å²) in [6.07, 6.45) is 1.49. The van der Waals surface area contributed by atoms with E-state index in [1.165, 1.54) is 23.6 Å². The van der Waals surface area contributed by atoms with Gasteiger partial charge >= 0.3 is 5.91 Å².